The predicted molar refractivity (Wildman–Crippen MR) is 110 cm³/mol. The second-order valence-corrected chi connectivity index (χ2v) is 7.44. The molecule has 1 fully saturated rings. The number of carbonyl (C=O) groups is 1. The number of halogens is 1. The van der Waals surface area contributed by atoms with Crippen LogP contribution in [0.15, 0.2) is 24.8 Å². The van der Waals surface area contributed by atoms with E-state index in [-0.39, 0.29) is 18.1 Å². The van der Waals surface area contributed by atoms with E-state index in [0.29, 0.717) is 22.0 Å². The predicted octanol–water partition coefficient (Wildman–Crippen LogP) is 1.43. The molecule has 2 atom stereocenters. The summed E-state index contributed by atoms with van der Waals surface area (Å²) < 4.78 is 12.8. The number of likely N-dealkylation sites (tertiary alicyclic amines) is 1. The molecule has 9 nitrogen and oxygen atoms in total. The Labute approximate surface area is 175 Å². The highest BCUT2D eigenvalue weighted by atomic mass is 35.5. The summed E-state index contributed by atoms with van der Waals surface area (Å²) in [5.74, 6) is 0.138. The highest BCUT2D eigenvalue weighted by Crippen LogP contribution is 2.29. The van der Waals surface area contributed by atoms with Gasteiger partial charge in [0.1, 0.15) is 18.4 Å². The van der Waals surface area contributed by atoms with Gasteiger partial charge >= 0.3 is 0 Å². The van der Waals surface area contributed by atoms with Crippen LogP contribution in [-0.4, -0.2) is 71.6 Å². The maximum atomic E-state index is 12.8. The normalized spacial score (nSPS) is 19.8. The Morgan fingerprint density at radius 3 is 2.90 bits per heavy atom. The zero-order valence-electron chi connectivity index (χ0n) is 16.7. The Morgan fingerprint density at radius 2 is 2.21 bits per heavy atom. The molecule has 0 bridgehead atoms. The molecule has 0 aliphatic carbocycles. The molecular weight excluding hydrogens is 396 g/mol. The maximum absolute atomic E-state index is 12.8. The molecule has 1 saturated heterocycles. The molecule has 2 heterocycles. The number of nitrogen functional groups attached to an aromatic ring is 1. The molecule has 0 spiro atoms. The summed E-state index contributed by atoms with van der Waals surface area (Å²) in [5.41, 5.74) is 6.53. The number of amides is 1. The minimum Gasteiger partial charge on any atom is -0.496 e. The van der Waals surface area contributed by atoms with Crippen molar-refractivity contribution in [1.29, 1.82) is 0 Å². The number of nitrogens with one attached hydrogen (secondary N) is 1. The number of nitrogens with zero attached hydrogens (tertiary/aromatic N) is 4. The van der Waals surface area contributed by atoms with Gasteiger partial charge in [0.15, 0.2) is 0 Å². The van der Waals surface area contributed by atoms with Gasteiger partial charge in [0.25, 0.3) is 5.91 Å². The third kappa shape index (κ3) is 5.37. The highest BCUT2D eigenvalue weighted by Gasteiger charge is 2.31. The molecule has 0 radical (unpaired) electrons. The van der Waals surface area contributed by atoms with Crippen molar-refractivity contribution >= 4 is 23.2 Å². The first kappa shape index (κ1) is 21.4. The Morgan fingerprint density at radius 1 is 1.38 bits per heavy atom. The van der Waals surface area contributed by atoms with Gasteiger partial charge in [0.05, 0.1) is 35.5 Å². The van der Waals surface area contributed by atoms with E-state index in [0.717, 1.165) is 39.0 Å². The van der Waals surface area contributed by atoms with E-state index >= 15 is 0 Å². The van der Waals surface area contributed by atoms with Crippen molar-refractivity contribution in [1.82, 2.24) is 25.0 Å². The summed E-state index contributed by atoms with van der Waals surface area (Å²) in [4.78, 5) is 19.1. The fourth-order valence-electron chi connectivity index (χ4n) is 3.55. The lowest BCUT2D eigenvalue weighted by Crippen LogP contribution is -2.55. The molecule has 10 heteroatoms. The molecule has 29 heavy (non-hydrogen) atoms. The second kappa shape index (κ2) is 9.91. The molecule has 1 aromatic carbocycles. The number of hydrogen-bond acceptors (Lipinski definition) is 7. The summed E-state index contributed by atoms with van der Waals surface area (Å²) in [7, 11) is 3.17. The van der Waals surface area contributed by atoms with Gasteiger partial charge in [-0.1, -0.05) is 11.6 Å². The van der Waals surface area contributed by atoms with Gasteiger partial charge in [-0.2, -0.15) is 5.10 Å². The lowest BCUT2D eigenvalue weighted by Gasteiger charge is -2.38. The van der Waals surface area contributed by atoms with Gasteiger partial charge in [0, 0.05) is 39.4 Å². The number of aromatic nitrogens is 3. The average Bonchev–Trinajstić information content (AvgIpc) is 3.24. The zero-order chi connectivity index (χ0) is 20.8. The van der Waals surface area contributed by atoms with Crippen LogP contribution in [0.3, 0.4) is 0 Å². The molecule has 3 N–H and O–H groups in total. The topological polar surface area (TPSA) is 108 Å². The summed E-state index contributed by atoms with van der Waals surface area (Å²) >= 11 is 6.09. The molecule has 158 valence electrons. The summed E-state index contributed by atoms with van der Waals surface area (Å²) in [6.45, 7) is 3.38. The van der Waals surface area contributed by atoms with Crippen LogP contribution < -0.4 is 15.8 Å². The van der Waals surface area contributed by atoms with Crippen LogP contribution in [0.4, 0.5) is 5.69 Å². The van der Waals surface area contributed by atoms with Crippen molar-refractivity contribution in [3.8, 4) is 5.75 Å². The van der Waals surface area contributed by atoms with Gasteiger partial charge in [-0.3, -0.25) is 9.48 Å². The molecule has 0 unspecified atom stereocenters. The molecule has 1 aliphatic heterocycles. The molecule has 2 aromatic rings. The lowest BCUT2D eigenvalue weighted by atomic mass is 10.0. The number of aryl methyl sites for hydroxylation is 1. The second-order valence-electron chi connectivity index (χ2n) is 7.03. The van der Waals surface area contributed by atoms with Gasteiger partial charge in [0.2, 0.25) is 0 Å². The number of anilines is 1. The number of nitrogens with two attached hydrogens (primary N) is 1. The molecule has 1 aliphatic rings. The van der Waals surface area contributed by atoms with E-state index in [1.165, 1.54) is 13.2 Å². The zero-order valence-corrected chi connectivity index (χ0v) is 17.4. The number of benzene rings is 1. The lowest BCUT2D eigenvalue weighted by molar-refractivity contribution is 0.00578. The highest BCUT2D eigenvalue weighted by molar-refractivity contribution is 6.33. The number of ether oxygens (including phenoxy) is 2. The smallest absolute Gasteiger partial charge is 0.255 e. The van der Waals surface area contributed by atoms with Crippen molar-refractivity contribution in [3.63, 3.8) is 0 Å². The number of carbonyl (C=O) groups excluding carboxylic acids is 1. The van der Waals surface area contributed by atoms with E-state index in [2.05, 4.69) is 20.3 Å². The van der Waals surface area contributed by atoms with Crippen molar-refractivity contribution in [2.24, 2.45) is 0 Å². The van der Waals surface area contributed by atoms with Crippen molar-refractivity contribution in [3.05, 3.63) is 35.4 Å². The Balaban J connectivity index is 1.56. The molecule has 1 amide bonds. The molecule has 3 rings (SSSR count). The van der Waals surface area contributed by atoms with Crippen LogP contribution in [0.2, 0.25) is 5.02 Å². The first-order chi connectivity index (χ1) is 14.0. The Bertz CT molecular complexity index is 817. The van der Waals surface area contributed by atoms with E-state index in [9.17, 15) is 4.79 Å². The van der Waals surface area contributed by atoms with Gasteiger partial charge in [-0.25, -0.2) is 4.98 Å². The summed E-state index contributed by atoms with van der Waals surface area (Å²) in [5, 5.41) is 7.50. The van der Waals surface area contributed by atoms with E-state index < -0.39 is 0 Å². The number of methoxy groups -OCH3 is 2. The Hall–Kier alpha value is -2.36. The summed E-state index contributed by atoms with van der Waals surface area (Å²) in [6, 6.07) is 3.00. The third-order valence-electron chi connectivity index (χ3n) is 5.15. The van der Waals surface area contributed by atoms with Crippen LogP contribution in [0, 0.1) is 0 Å². The number of hydrogen-bond donors (Lipinski definition) is 2. The first-order valence-electron chi connectivity index (χ1n) is 9.53. The standard InChI is InChI=1S/C19H27ClN6O3/c1-28-17-9-15(21)14(20)8-13(17)19(27)24-16-4-7-25(10-18(16)29-2)5-3-6-26-12-22-11-23-26/h8-9,11-12,16,18H,3-7,10,21H2,1-2H3,(H,24,27)/t16-,18+/m0/s1. The van der Waals surface area contributed by atoms with E-state index in [4.69, 9.17) is 26.8 Å². The fourth-order valence-corrected chi connectivity index (χ4v) is 3.72. The third-order valence-corrected chi connectivity index (χ3v) is 5.48. The maximum Gasteiger partial charge on any atom is 0.255 e. The van der Waals surface area contributed by atoms with Crippen LogP contribution in [-0.2, 0) is 11.3 Å². The van der Waals surface area contributed by atoms with Crippen LogP contribution >= 0.6 is 11.6 Å². The van der Waals surface area contributed by atoms with E-state index in [1.807, 2.05) is 4.68 Å². The van der Waals surface area contributed by atoms with Gasteiger partial charge < -0.3 is 25.4 Å². The minimum absolute atomic E-state index is 0.0971. The first-order valence-corrected chi connectivity index (χ1v) is 9.91. The molecule has 0 saturated carbocycles. The minimum atomic E-state index is -0.254. The molecular formula is C19H27ClN6O3. The fraction of sp³-hybridized carbons (Fsp3) is 0.526. The van der Waals surface area contributed by atoms with Crippen LogP contribution in [0.1, 0.15) is 23.2 Å². The summed E-state index contributed by atoms with van der Waals surface area (Å²) in [6.07, 6.45) is 4.92. The van der Waals surface area contributed by atoms with Crippen LogP contribution in [0.25, 0.3) is 0 Å². The average molecular weight is 423 g/mol. The monoisotopic (exact) mass is 422 g/mol. The van der Waals surface area contributed by atoms with Crippen molar-refractivity contribution < 1.29 is 14.3 Å². The molecule has 1 aromatic heterocycles. The number of rotatable bonds is 8. The van der Waals surface area contributed by atoms with Crippen molar-refractivity contribution in [2.45, 2.75) is 31.5 Å². The van der Waals surface area contributed by atoms with E-state index in [1.54, 1.807) is 25.8 Å². The number of piperidine rings is 1. The van der Waals surface area contributed by atoms with Gasteiger partial charge in [-0.15, -0.1) is 0 Å². The Kier molecular flexibility index (Phi) is 7.29. The largest absolute Gasteiger partial charge is 0.496 e. The van der Waals surface area contributed by atoms with Crippen molar-refractivity contribution in [2.75, 3.05) is 39.6 Å². The van der Waals surface area contributed by atoms with Gasteiger partial charge in [-0.05, 0) is 18.9 Å². The quantitative estimate of drug-likeness (QED) is 0.619. The SMILES string of the molecule is COc1cc(N)c(Cl)cc1C(=O)N[C@H]1CCN(CCCn2cncn2)C[C@H]1OC. The van der Waals surface area contributed by atoms with Crippen LogP contribution in [0.5, 0.6) is 5.75 Å².